The smallest absolute Gasteiger partial charge is 0.137 e. The highest BCUT2D eigenvalue weighted by molar-refractivity contribution is 7.99. The van der Waals surface area contributed by atoms with Crippen molar-refractivity contribution in [1.82, 2.24) is 20.1 Å². The van der Waals surface area contributed by atoms with Gasteiger partial charge in [-0.3, -0.25) is 5.10 Å². The van der Waals surface area contributed by atoms with Crippen molar-refractivity contribution in [3.05, 3.63) is 12.2 Å². The van der Waals surface area contributed by atoms with Crippen LogP contribution in [0.25, 0.3) is 0 Å². The van der Waals surface area contributed by atoms with Crippen LogP contribution < -0.4 is 0 Å². The minimum Gasteiger partial charge on any atom is -0.303 e. The van der Waals surface area contributed by atoms with E-state index in [1.807, 2.05) is 11.8 Å². The topological polar surface area (TPSA) is 44.8 Å². The van der Waals surface area contributed by atoms with Gasteiger partial charge in [-0.25, -0.2) is 4.98 Å². The monoisotopic (exact) mass is 254 g/mol. The number of rotatable bonds is 5. The standard InChI is InChI=1S/C12H22N4S/c1-10(17-2)3-6-16-7-4-11(5-8-16)12-13-9-14-15-12/h9-11H,3-8H2,1-2H3,(H,13,14,15). The largest absolute Gasteiger partial charge is 0.303 e. The first-order valence-corrected chi connectivity index (χ1v) is 7.68. The van der Waals surface area contributed by atoms with Crippen LogP contribution in [0.4, 0.5) is 0 Å². The summed E-state index contributed by atoms with van der Waals surface area (Å²) >= 11 is 1.96. The van der Waals surface area contributed by atoms with Crippen molar-refractivity contribution in [3.63, 3.8) is 0 Å². The van der Waals surface area contributed by atoms with E-state index in [2.05, 4.69) is 33.3 Å². The second-order valence-electron chi connectivity index (χ2n) is 4.82. The Balaban J connectivity index is 1.71. The second kappa shape index (κ2) is 6.40. The lowest BCUT2D eigenvalue weighted by Crippen LogP contribution is -2.34. The van der Waals surface area contributed by atoms with Crippen molar-refractivity contribution in [1.29, 1.82) is 0 Å². The van der Waals surface area contributed by atoms with Gasteiger partial charge in [-0.15, -0.1) is 0 Å². The summed E-state index contributed by atoms with van der Waals surface area (Å²) in [7, 11) is 0. The van der Waals surface area contributed by atoms with Crippen LogP contribution >= 0.6 is 11.8 Å². The van der Waals surface area contributed by atoms with E-state index in [-0.39, 0.29) is 0 Å². The Labute approximate surface area is 108 Å². The summed E-state index contributed by atoms with van der Waals surface area (Å²) in [6, 6.07) is 0. The average molecular weight is 254 g/mol. The molecule has 5 heteroatoms. The quantitative estimate of drug-likeness (QED) is 0.874. The van der Waals surface area contributed by atoms with Gasteiger partial charge in [-0.2, -0.15) is 16.9 Å². The number of nitrogens with zero attached hydrogens (tertiary/aromatic N) is 3. The summed E-state index contributed by atoms with van der Waals surface area (Å²) in [5.74, 6) is 1.66. The summed E-state index contributed by atoms with van der Waals surface area (Å²) in [6.07, 6.45) is 7.53. The summed E-state index contributed by atoms with van der Waals surface area (Å²) in [4.78, 5) is 6.85. The number of aromatic amines is 1. The molecule has 1 N–H and O–H groups in total. The van der Waals surface area contributed by atoms with Crippen molar-refractivity contribution in [3.8, 4) is 0 Å². The van der Waals surface area contributed by atoms with Gasteiger partial charge in [0.05, 0.1) is 0 Å². The zero-order chi connectivity index (χ0) is 12.1. The lowest BCUT2D eigenvalue weighted by molar-refractivity contribution is 0.207. The lowest BCUT2D eigenvalue weighted by atomic mass is 9.96. The lowest BCUT2D eigenvalue weighted by Gasteiger charge is -2.31. The molecule has 1 saturated heterocycles. The fourth-order valence-corrected chi connectivity index (χ4v) is 2.66. The molecule has 1 fully saturated rings. The summed E-state index contributed by atoms with van der Waals surface area (Å²) in [6.45, 7) is 5.95. The van der Waals surface area contributed by atoms with Crippen LogP contribution in [0.2, 0.25) is 0 Å². The van der Waals surface area contributed by atoms with Gasteiger partial charge in [0, 0.05) is 11.2 Å². The molecule has 0 bridgehead atoms. The summed E-state index contributed by atoms with van der Waals surface area (Å²) in [5.41, 5.74) is 0. The predicted octanol–water partition coefficient (Wildman–Crippen LogP) is 2.13. The molecule has 1 aliphatic heterocycles. The molecule has 1 aromatic rings. The second-order valence-corrected chi connectivity index (χ2v) is 6.10. The molecule has 0 aliphatic carbocycles. The Kier molecular flexibility index (Phi) is 4.86. The minimum absolute atomic E-state index is 0.590. The first kappa shape index (κ1) is 12.9. The van der Waals surface area contributed by atoms with Crippen LogP contribution in [-0.4, -0.2) is 51.2 Å². The number of hydrogen-bond donors (Lipinski definition) is 1. The molecule has 0 aromatic carbocycles. The maximum atomic E-state index is 4.26. The van der Waals surface area contributed by atoms with Gasteiger partial charge >= 0.3 is 0 Å². The van der Waals surface area contributed by atoms with E-state index in [1.165, 1.54) is 38.9 Å². The number of nitrogens with one attached hydrogen (secondary N) is 1. The number of H-pyrrole nitrogens is 1. The predicted molar refractivity (Wildman–Crippen MR) is 72.4 cm³/mol. The van der Waals surface area contributed by atoms with Gasteiger partial charge in [-0.05, 0) is 45.2 Å². The number of piperidine rings is 1. The molecule has 96 valence electrons. The number of likely N-dealkylation sites (tertiary alicyclic amines) is 1. The van der Waals surface area contributed by atoms with Gasteiger partial charge < -0.3 is 4.90 Å². The molecular formula is C12H22N4S. The minimum atomic E-state index is 0.590. The van der Waals surface area contributed by atoms with Crippen molar-refractivity contribution in [2.24, 2.45) is 0 Å². The van der Waals surface area contributed by atoms with E-state index in [4.69, 9.17) is 0 Å². The number of hydrogen-bond acceptors (Lipinski definition) is 4. The van der Waals surface area contributed by atoms with E-state index >= 15 is 0 Å². The van der Waals surface area contributed by atoms with Gasteiger partial charge in [0.15, 0.2) is 0 Å². The maximum absolute atomic E-state index is 4.26. The van der Waals surface area contributed by atoms with Crippen molar-refractivity contribution < 1.29 is 0 Å². The molecule has 1 atom stereocenters. The Morgan fingerprint density at radius 3 is 2.88 bits per heavy atom. The highest BCUT2D eigenvalue weighted by atomic mass is 32.2. The van der Waals surface area contributed by atoms with Crippen LogP contribution in [0.3, 0.4) is 0 Å². The van der Waals surface area contributed by atoms with E-state index in [0.717, 1.165) is 11.1 Å². The Morgan fingerprint density at radius 1 is 1.53 bits per heavy atom. The van der Waals surface area contributed by atoms with Gasteiger partial charge in [0.25, 0.3) is 0 Å². The van der Waals surface area contributed by atoms with Crippen molar-refractivity contribution in [2.75, 3.05) is 25.9 Å². The van der Waals surface area contributed by atoms with Crippen LogP contribution in [0.5, 0.6) is 0 Å². The number of thioether (sulfide) groups is 1. The molecular weight excluding hydrogens is 232 g/mol. The van der Waals surface area contributed by atoms with Crippen LogP contribution in [0.15, 0.2) is 6.33 Å². The third-order valence-corrected chi connectivity index (χ3v) is 4.70. The van der Waals surface area contributed by atoms with Crippen molar-refractivity contribution >= 4 is 11.8 Å². The third kappa shape index (κ3) is 3.71. The Hall–Kier alpha value is -0.550. The Morgan fingerprint density at radius 2 is 2.29 bits per heavy atom. The van der Waals surface area contributed by atoms with Crippen LogP contribution in [0.1, 0.15) is 37.9 Å². The Bertz CT molecular complexity index is 306. The molecule has 4 nitrogen and oxygen atoms in total. The molecule has 2 rings (SSSR count). The maximum Gasteiger partial charge on any atom is 0.137 e. The molecule has 1 unspecified atom stereocenters. The molecule has 17 heavy (non-hydrogen) atoms. The average Bonchev–Trinajstić information content (AvgIpc) is 2.90. The van der Waals surface area contributed by atoms with E-state index < -0.39 is 0 Å². The van der Waals surface area contributed by atoms with Gasteiger partial charge in [0.1, 0.15) is 12.2 Å². The molecule has 0 radical (unpaired) electrons. The van der Waals surface area contributed by atoms with E-state index in [0.29, 0.717) is 5.92 Å². The van der Waals surface area contributed by atoms with Gasteiger partial charge in [0.2, 0.25) is 0 Å². The highest BCUT2D eigenvalue weighted by Crippen LogP contribution is 2.25. The molecule has 1 aliphatic rings. The first-order chi connectivity index (χ1) is 8.29. The first-order valence-electron chi connectivity index (χ1n) is 6.40. The SMILES string of the molecule is CSC(C)CCN1CCC(c2ncn[nH]2)CC1. The fourth-order valence-electron chi connectivity index (χ4n) is 2.32. The fraction of sp³-hybridized carbons (Fsp3) is 0.833. The van der Waals surface area contributed by atoms with Crippen LogP contribution in [-0.2, 0) is 0 Å². The molecule has 0 amide bonds. The van der Waals surface area contributed by atoms with Gasteiger partial charge in [-0.1, -0.05) is 6.92 Å². The molecule has 0 spiro atoms. The number of aromatic nitrogens is 3. The molecule has 0 saturated carbocycles. The summed E-state index contributed by atoms with van der Waals surface area (Å²) < 4.78 is 0. The van der Waals surface area contributed by atoms with E-state index in [9.17, 15) is 0 Å². The zero-order valence-corrected chi connectivity index (χ0v) is 11.5. The van der Waals surface area contributed by atoms with Crippen LogP contribution in [0, 0.1) is 0 Å². The zero-order valence-electron chi connectivity index (χ0n) is 10.7. The van der Waals surface area contributed by atoms with Crippen molar-refractivity contribution in [2.45, 2.75) is 37.4 Å². The highest BCUT2D eigenvalue weighted by Gasteiger charge is 2.22. The molecule has 1 aromatic heterocycles. The molecule has 2 heterocycles. The normalized spacial score (nSPS) is 20.6. The van der Waals surface area contributed by atoms with E-state index in [1.54, 1.807) is 6.33 Å². The summed E-state index contributed by atoms with van der Waals surface area (Å²) in [5, 5.41) is 7.71. The third-order valence-electron chi connectivity index (χ3n) is 3.66.